The van der Waals surface area contributed by atoms with E-state index in [4.69, 9.17) is 16.2 Å². The van der Waals surface area contributed by atoms with Gasteiger partial charge < -0.3 is 26.8 Å². The van der Waals surface area contributed by atoms with Crippen LogP contribution in [0.1, 0.15) is 28.9 Å². The molecular weight excluding hydrogens is 418 g/mol. The van der Waals surface area contributed by atoms with Crippen LogP contribution in [0.3, 0.4) is 0 Å². The normalized spacial score (nSPS) is 12.5. The highest BCUT2D eigenvalue weighted by molar-refractivity contribution is 7.14. The molecule has 10 nitrogen and oxygen atoms in total. The number of hydrogen-bond donors (Lipinski definition) is 4. The van der Waals surface area contributed by atoms with Crippen molar-refractivity contribution in [1.82, 2.24) is 9.97 Å². The number of ether oxygens (including phenoxy) is 1. The molecule has 0 aliphatic heterocycles. The third-order valence-electron chi connectivity index (χ3n) is 4.15. The number of nitrogens with one attached hydrogen (secondary N) is 2. The summed E-state index contributed by atoms with van der Waals surface area (Å²) in [7, 11) is 3.07. The zero-order valence-corrected chi connectivity index (χ0v) is 18.5. The van der Waals surface area contributed by atoms with E-state index >= 15 is 0 Å². The molecule has 164 valence electrons. The van der Waals surface area contributed by atoms with Gasteiger partial charge in [-0.1, -0.05) is 6.92 Å². The van der Waals surface area contributed by atoms with Gasteiger partial charge in [0.2, 0.25) is 11.8 Å². The number of carbonyl (C=O) groups is 2. The first-order valence-electron chi connectivity index (χ1n) is 9.27. The van der Waals surface area contributed by atoms with E-state index in [0.29, 0.717) is 44.8 Å². The molecule has 0 aliphatic carbocycles. The second-order valence-corrected chi connectivity index (χ2v) is 7.17. The van der Waals surface area contributed by atoms with E-state index in [2.05, 4.69) is 25.6 Å². The van der Waals surface area contributed by atoms with Crippen LogP contribution in [-0.2, 0) is 14.3 Å². The zero-order valence-electron chi connectivity index (χ0n) is 17.7. The number of nitrogens with two attached hydrogens (primary N) is 2. The molecular formula is C20H25N7O3S. The molecule has 2 aromatic rings. The molecule has 2 rings (SSSR count). The third-order valence-corrected chi connectivity index (χ3v) is 5.21. The van der Waals surface area contributed by atoms with Crippen LogP contribution in [0.5, 0.6) is 0 Å². The Hall–Kier alpha value is -3.73. The number of aryl methyl sites for hydroxylation is 1. The van der Waals surface area contributed by atoms with Gasteiger partial charge >= 0.3 is 0 Å². The van der Waals surface area contributed by atoms with E-state index in [9.17, 15) is 9.59 Å². The summed E-state index contributed by atoms with van der Waals surface area (Å²) in [6.45, 7) is 3.48. The summed E-state index contributed by atoms with van der Waals surface area (Å²) >= 11 is 1.21. The van der Waals surface area contributed by atoms with Crippen LogP contribution < -0.4 is 22.1 Å². The molecule has 0 spiro atoms. The summed E-state index contributed by atoms with van der Waals surface area (Å²) in [6, 6.07) is 1.63. The first-order valence-corrected chi connectivity index (χ1v) is 10.1. The van der Waals surface area contributed by atoms with Crippen LogP contribution >= 0.6 is 11.3 Å². The predicted molar refractivity (Wildman–Crippen MR) is 123 cm³/mol. The Morgan fingerprint density at radius 1 is 1.19 bits per heavy atom. The Labute approximate surface area is 184 Å². The van der Waals surface area contributed by atoms with Gasteiger partial charge in [-0.2, -0.15) is 0 Å². The quantitative estimate of drug-likeness (QED) is 0.290. The van der Waals surface area contributed by atoms with E-state index in [1.165, 1.54) is 37.0 Å². The fraction of sp³-hybridized carbons (Fsp3) is 0.250. The number of rotatable bonds is 7. The molecule has 0 saturated carbocycles. The lowest BCUT2D eigenvalue weighted by Crippen LogP contribution is -2.16. The maximum Gasteiger partial charge on any atom is 0.260 e. The van der Waals surface area contributed by atoms with Crippen LogP contribution in [0.4, 0.5) is 11.4 Å². The maximum atomic E-state index is 12.9. The fourth-order valence-electron chi connectivity index (χ4n) is 2.51. The Morgan fingerprint density at radius 3 is 2.48 bits per heavy atom. The van der Waals surface area contributed by atoms with Crippen molar-refractivity contribution in [3.63, 3.8) is 0 Å². The third kappa shape index (κ3) is 5.66. The molecule has 2 aromatic heterocycles. The summed E-state index contributed by atoms with van der Waals surface area (Å²) in [4.78, 5) is 37.7. The molecule has 0 saturated heterocycles. The monoisotopic (exact) mass is 443 g/mol. The van der Waals surface area contributed by atoms with Crippen LogP contribution in [0.2, 0.25) is 0 Å². The maximum absolute atomic E-state index is 12.9. The van der Waals surface area contributed by atoms with Crippen LogP contribution in [-0.4, -0.2) is 41.8 Å². The van der Waals surface area contributed by atoms with Crippen LogP contribution in [0.25, 0.3) is 11.1 Å². The summed E-state index contributed by atoms with van der Waals surface area (Å²) in [5.41, 5.74) is 13.7. The lowest BCUT2D eigenvalue weighted by Gasteiger charge is -2.11. The minimum absolute atomic E-state index is 0.157. The van der Waals surface area contributed by atoms with Gasteiger partial charge in [-0.25, -0.2) is 4.98 Å². The number of hydrogen-bond acceptors (Lipinski definition) is 9. The molecule has 0 atom stereocenters. The van der Waals surface area contributed by atoms with Crippen molar-refractivity contribution in [2.24, 2.45) is 16.5 Å². The molecule has 2 amide bonds. The largest absolute Gasteiger partial charge is 0.481 e. The molecule has 2 heterocycles. The molecule has 31 heavy (non-hydrogen) atoms. The van der Waals surface area contributed by atoms with E-state index in [-0.39, 0.29) is 11.5 Å². The molecule has 0 radical (unpaired) electrons. The van der Waals surface area contributed by atoms with Crippen LogP contribution in [0, 0.1) is 6.92 Å². The Morgan fingerprint density at radius 2 is 1.90 bits per heavy atom. The standard InChI is InChI=1S/C20H25N7O3S/c1-5-17(28)26-12-6-15(11(2)24-9-12)27-18(29)14(8-22)20-25-10-16(31-20)13(7-21)19(23-3)30-4/h6-10H,5,21-22H2,1-4H3,(H,26,28)(H,27,29)/b13-7-,14-8-,23-19?. The van der Waals surface area contributed by atoms with E-state index in [1.54, 1.807) is 33.2 Å². The molecule has 0 fully saturated rings. The number of carbonyl (C=O) groups excluding carboxylic acids is 2. The smallest absolute Gasteiger partial charge is 0.260 e. The summed E-state index contributed by atoms with van der Waals surface area (Å²) in [5.74, 6) is -0.287. The molecule has 11 heteroatoms. The zero-order chi connectivity index (χ0) is 23.0. The van der Waals surface area contributed by atoms with Crippen LogP contribution in [0.15, 0.2) is 35.9 Å². The number of methoxy groups -OCH3 is 1. The number of aliphatic imine (C=N–C) groups is 1. The first-order chi connectivity index (χ1) is 14.9. The van der Waals surface area contributed by atoms with Crippen molar-refractivity contribution in [1.29, 1.82) is 0 Å². The van der Waals surface area contributed by atoms with Gasteiger partial charge in [0.1, 0.15) is 5.01 Å². The Kier molecular flexibility index (Phi) is 8.26. The average Bonchev–Trinajstić information content (AvgIpc) is 3.23. The number of thiazole rings is 1. The number of anilines is 2. The van der Waals surface area contributed by atoms with Gasteiger partial charge in [-0.3, -0.25) is 19.6 Å². The van der Waals surface area contributed by atoms with E-state index in [1.807, 2.05) is 0 Å². The fourth-order valence-corrected chi connectivity index (χ4v) is 3.47. The lowest BCUT2D eigenvalue weighted by atomic mass is 10.2. The average molecular weight is 444 g/mol. The van der Waals surface area contributed by atoms with Gasteiger partial charge in [0, 0.05) is 32.1 Å². The van der Waals surface area contributed by atoms with Crippen molar-refractivity contribution in [2.75, 3.05) is 24.8 Å². The Bertz CT molecular complexity index is 1060. The van der Waals surface area contributed by atoms with Gasteiger partial charge in [-0.05, 0) is 13.0 Å². The van der Waals surface area contributed by atoms with Gasteiger partial charge in [-0.15, -0.1) is 11.3 Å². The Balaban J connectivity index is 2.27. The van der Waals surface area contributed by atoms with Gasteiger partial charge in [0.15, 0.2) is 0 Å². The highest BCUT2D eigenvalue weighted by Gasteiger charge is 2.20. The second kappa shape index (κ2) is 10.9. The van der Waals surface area contributed by atoms with E-state index in [0.717, 1.165) is 0 Å². The number of pyridine rings is 1. The highest BCUT2D eigenvalue weighted by Crippen LogP contribution is 2.28. The van der Waals surface area contributed by atoms with Crippen molar-refractivity contribution < 1.29 is 14.3 Å². The minimum atomic E-state index is -0.471. The van der Waals surface area contributed by atoms with Gasteiger partial charge in [0.25, 0.3) is 5.91 Å². The SMILES string of the molecule is CCC(=O)Nc1cnc(C)c(NC(=O)/C(=C/N)c2ncc(/C(=C/N)C(=NC)OC)s2)c1. The summed E-state index contributed by atoms with van der Waals surface area (Å²) in [6.07, 6.45) is 5.96. The molecule has 0 aromatic carbocycles. The minimum Gasteiger partial charge on any atom is -0.481 e. The summed E-state index contributed by atoms with van der Waals surface area (Å²) < 4.78 is 5.21. The number of aromatic nitrogens is 2. The molecule has 0 unspecified atom stereocenters. The van der Waals surface area contributed by atoms with Crippen molar-refractivity contribution in [3.8, 4) is 0 Å². The first kappa shape index (κ1) is 23.5. The van der Waals surface area contributed by atoms with E-state index < -0.39 is 5.91 Å². The molecule has 0 bridgehead atoms. The highest BCUT2D eigenvalue weighted by atomic mass is 32.1. The number of amides is 2. The molecule has 0 aliphatic rings. The van der Waals surface area contributed by atoms with Crippen molar-refractivity contribution in [2.45, 2.75) is 20.3 Å². The second-order valence-electron chi connectivity index (χ2n) is 6.14. The summed E-state index contributed by atoms with van der Waals surface area (Å²) in [5, 5.41) is 5.87. The van der Waals surface area contributed by atoms with Gasteiger partial charge in [0.05, 0.1) is 46.4 Å². The molecule has 6 N–H and O–H groups in total. The topological polar surface area (TPSA) is 158 Å². The predicted octanol–water partition coefficient (Wildman–Crippen LogP) is 2.11. The lowest BCUT2D eigenvalue weighted by molar-refractivity contribution is -0.116. The van der Waals surface area contributed by atoms with Crippen molar-refractivity contribution in [3.05, 3.63) is 46.4 Å². The van der Waals surface area contributed by atoms with Crippen molar-refractivity contribution >= 4 is 51.6 Å². The number of nitrogens with zero attached hydrogens (tertiary/aromatic N) is 3.